The largest absolute Gasteiger partial charge is 0.393 e. The molecule has 1 unspecified atom stereocenters. The van der Waals surface area contributed by atoms with Gasteiger partial charge in [-0.1, -0.05) is 26.7 Å². The lowest BCUT2D eigenvalue weighted by Crippen LogP contribution is -2.40. The van der Waals surface area contributed by atoms with Crippen molar-refractivity contribution in [2.75, 3.05) is 33.2 Å². The van der Waals surface area contributed by atoms with E-state index in [4.69, 9.17) is 0 Å². The lowest BCUT2D eigenvalue weighted by atomic mass is 10.2. The monoisotopic (exact) mass is 272 g/mol. The molecule has 0 aliphatic carbocycles. The van der Waals surface area contributed by atoms with E-state index in [-0.39, 0.29) is 12.0 Å². The Hall–Kier alpha value is -0.610. The second-order valence-electron chi connectivity index (χ2n) is 5.46. The third-order valence-corrected chi connectivity index (χ3v) is 3.25. The van der Waals surface area contributed by atoms with Crippen molar-refractivity contribution in [2.24, 2.45) is 0 Å². The Bertz CT molecular complexity index is 224. The number of rotatable bonds is 11. The number of aliphatic hydroxyl groups excluding tert-OH is 1. The number of carbonyl (C=O) groups excluding carboxylic acids is 1. The first kappa shape index (κ1) is 18.4. The predicted molar refractivity (Wildman–Crippen MR) is 80.2 cm³/mol. The average molecular weight is 272 g/mol. The normalized spacial score (nSPS) is 12.7. The Morgan fingerprint density at radius 3 is 2.05 bits per heavy atom. The zero-order chi connectivity index (χ0) is 14.7. The molecule has 0 aliphatic heterocycles. The Morgan fingerprint density at radius 1 is 1.11 bits per heavy atom. The molecule has 0 heterocycles. The quantitative estimate of drug-likeness (QED) is 0.626. The first-order valence-corrected chi connectivity index (χ1v) is 7.65. The van der Waals surface area contributed by atoms with Crippen molar-refractivity contribution in [3.05, 3.63) is 0 Å². The lowest BCUT2D eigenvalue weighted by molar-refractivity contribution is -0.132. The Kier molecular flexibility index (Phi) is 10.9. The molecular formula is C15H32N2O2. The molecule has 4 heteroatoms. The highest BCUT2D eigenvalue weighted by atomic mass is 16.3. The molecular weight excluding hydrogens is 240 g/mol. The molecule has 0 aromatic heterocycles. The van der Waals surface area contributed by atoms with E-state index in [0.717, 1.165) is 45.3 Å². The number of hydrogen-bond donors (Lipinski definition) is 1. The van der Waals surface area contributed by atoms with Gasteiger partial charge in [-0.15, -0.1) is 0 Å². The van der Waals surface area contributed by atoms with Gasteiger partial charge in [-0.25, -0.2) is 0 Å². The van der Waals surface area contributed by atoms with E-state index >= 15 is 0 Å². The summed E-state index contributed by atoms with van der Waals surface area (Å²) in [6.45, 7) is 9.05. The maximum Gasteiger partial charge on any atom is 0.236 e. The third-order valence-electron chi connectivity index (χ3n) is 3.25. The van der Waals surface area contributed by atoms with E-state index in [0.29, 0.717) is 13.0 Å². The molecule has 19 heavy (non-hydrogen) atoms. The summed E-state index contributed by atoms with van der Waals surface area (Å²) >= 11 is 0. The van der Waals surface area contributed by atoms with E-state index < -0.39 is 0 Å². The van der Waals surface area contributed by atoms with Gasteiger partial charge in [0.25, 0.3) is 0 Å². The van der Waals surface area contributed by atoms with E-state index in [9.17, 15) is 9.90 Å². The van der Waals surface area contributed by atoms with Crippen LogP contribution in [0.5, 0.6) is 0 Å². The van der Waals surface area contributed by atoms with Crippen molar-refractivity contribution in [2.45, 2.75) is 59.0 Å². The minimum absolute atomic E-state index is 0.218. The molecule has 0 aromatic rings. The van der Waals surface area contributed by atoms with Crippen LogP contribution in [-0.2, 0) is 4.79 Å². The predicted octanol–water partition coefficient (Wildman–Crippen LogP) is 2.12. The fourth-order valence-electron chi connectivity index (χ4n) is 1.88. The number of aliphatic hydroxyl groups is 1. The highest BCUT2D eigenvalue weighted by Crippen LogP contribution is 2.02. The number of nitrogens with zero attached hydrogens (tertiary/aromatic N) is 2. The molecule has 0 radical (unpaired) electrons. The van der Waals surface area contributed by atoms with Gasteiger partial charge in [0.05, 0.1) is 12.6 Å². The van der Waals surface area contributed by atoms with Crippen molar-refractivity contribution in [3.8, 4) is 0 Å². The molecule has 0 spiro atoms. The number of likely N-dealkylation sites (N-methyl/N-ethyl adjacent to an activating group) is 1. The zero-order valence-corrected chi connectivity index (χ0v) is 13.2. The summed E-state index contributed by atoms with van der Waals surface area (Å²) in [6.07, 6.45) is 4.81. The lowest BCUT2D eigenvalue weighted by Gasteiger charge is -2.25. The first-order chi connectivity index (χ1) is 9.01. The van der Waals surface area contributed by atoms with E-state index in [1.54, 1.807) is 6.92 Å². The van der Waals surface area contributed by atoms with Crippen LogP contribution in [0.4, 0.5) is 0 Å². The van der Waals surface area contributed by atoms with Crippen molar-refractivity contribution in [3.63, 3.8) is 0 Å². The van der Waals surface area contributed by atoms with Crippen molar-refractivity contribution in [1.82, 2.24) is 9.80 Å². The van der Waals surface area contributed by atoms with Crippen LogP contribution in [0, 0.1) is 0 Å². The third kappa shape index (κ3) is 9.91. The molecule has 4 nitrogen and oxygen atoms in total. The summed E-state index contributed by atoms with van der Waals surface area (Å²) in [5.41, 5.74) is 0. The van der Waals surface area contributed by atoms with Gasteiger partial charge in [-0.2, -0.15) is 0 Å². The molecule has 0 aromatic carbocycles. The van der Waals surface area contributed by atoms with Crippen molar-refractivity contribution < 1.29 is 9.90 Å². The van der Waals surface area contributed by atoms with Gasteiger partial charge in [-0.05, 0) is 33.2 Å². The molecule has 0 aliphatic rings. The summed E-state index contributed by atoms with van der Waals surface area (Å²) in [4.78, 5) is 16.2. The van der Waals surface area contributed by atoms with Crippen LogP contribution in [0.3, 0.4) is 0 Å². The summed E-state index contributed by atoms with van der Waals surface area (Å²) in [6, 6.07) is 0. The van der Waals surface area contributed by atoms with Crippen LogP contribution in [0.15, 0.2) is 0 Å². The van der Waals surface area contributed by atoms with Gasteiger partial charge in [0.15, 0.2) is 0 Å². The number of carbonyl (C=O) groups is 1. The smallest absolute Gasteiger partial charge is 0.236 e. The average Bonchev–Trinajstić information content (AvgIpc) is 2.36. The molecule has 0 bridgehead atoms. The fourth-order valence-corrected chi connectivity index (χ4v) is 1.88. The zero-order valence-electron chi connectivity index (χ0n) is 13.2. The molecule has 0 fully saturated rings. The second-order valence-corrected chi connectivity index (χ2v) is 5.46. The molecule has 0 rings (SSSR count). The minimum atomic E-state index is -0.297. The molecule has 114 valence electrons. The Morgan fingerprint density at radius 2 is 1.63 bits per heavy atom. The highest BCUT2D eigenvalue weighted by Gasteiger charge is 2.14. The van der Waals surface area contributed by atoms with Gasteiger partial charge in [-0.3, -0.25) is 9.69 Å². The number of hydrogen-bond acceptors (Lipinski definition) is 3. The van der Waals surface area contributed by atoms with Crippen LogP contribution in [-0.4, -0.2) is 60.1 Å². The molecule has 1 N–H and O–H groups in total. The van der Waals surface area contributed by atoms with E-state index in [2.05, 4.69) is 13.8 Å². The summed E-state index contributed by atoms with van der Waals surface area (Å²) in [5.74, 6) is 0.218. The second kappa shape index (κ2) is 11.2. The van der Waals surface area contributed by atoms with Crippen molar-refractivity contribution >= 4 is 5.91 Å². The van der Waals surface area contributed by atoms with Crippen LogP contribution in [0.2, 0.25) is 0 Å². The van der Waals surface area contributed by atoms with Gasteiger partial charge in [0, 0.05) is 19.6 Å². The molecule has 1 atom stereocenters. The Balaban J connectivity index is 4.12. The van der Waals surface area contributed by atoms with Crippen LogP contribution >= 0.6 is 0 Å². The summed E-state index contributed by atoms with van der Waals surface area (Å²) < 4.78 is 0. The van der Waals surface area contributed by atoms with Crippen molar-refractivity contribution in [1.29, 1.82) is 0 Å². The van der Waals surface area contributed by atoms with Crippen LogP contribution in [0.1, 0.15) is 52.9 Å². The minimum Gasteiger partial charge on any atom is -0.393 e. The maximum atomic E-state index is 12.2. The first-order valence-electron chi connectivity index (χ1n) is 7.65. The number of amides is 1. The fraction of sp³-hybridized carbons (Fsp3) is 0.933. The standard InChI is InChI=1S/C15H32N2O2/c1-5-7-10-17(11-8-6-2)15(19)13-16(4)12-9-14(3)18/h14,18H,5-13H2,1-4H3. The Labute approximate surface area is 118 Å². The molecule has 1 amide bonds. The number of unbranched alkanes of at least 4 members (excludes halogenated alkanes) is 2. The topological polar surface area (TPSA) is 43.8 Å². The van der Waals surface area contributed by atoms with Crippen LogP contribution < -0.4 is 0 Å². The van der Waals surface area contributed by atoms with E-state index in [1.807, 2.05) is 16.8 Å². The SMILES string of the molecule is CCCCN(CCCC)C(=O)CN(C)CCC(C)O. The summed E-state index contributed by atoms with van der Waals surface area (Å²) in [7, 11) is 1.94. The van der Waals surface area contributed by atoms with Gasteiger partial charge < -0.3 is 10.0 Å². The van der Waals surface area contributed by atoms with Gasteiger partial charge in [0.1, 0.15) is 0 Å². The molecule has 0 saturated heterocycles. The van der Waals surface area contributed by atoms with Gasteiger partial charge in [0.2, 0.25) is 5.91 Å². The van der Waals surface area contributed by atoms with Crippen LogP contribution in [0.25, 0.3) is 0 Å². The molecule has 0 saturated carbocycles. The highest BCUT2D eigenvalue weighted by molar-refractivity contribution is 5.78. The maximum absolute atomic E-state index is 12.2. The van der Waals surface area contributed by atoms with Gasteiger partial charge >= 0.3 is 0 Å². The van der Waals surface area contributed by atoms with E-state index in [1.165, 1.54) is 0 Å². The summed E-state index contributed by atoms with van der Waals surface area (Å²) in [5, 5.41) is 9.25.